The Balaban J connectivity index is 0.000000258. The maximum atomic E-state index is 13.0. The summed E-state index contributed by atoms with van der Waals surface area (Å²) in [6.07, 6.45) is 9.38. The van der Waals surface area contributed by atoms with Crippen LogP contribution in [0.25, 0.3) is 0 Å². The standard InChI is InChI=1S/C11H13NO2.C10H20F2.C4H7NO/c1-8(9-3-2-4-9)14-10-5-6-11(13)12-7-10;1-4-6-7-10(11,12)8-9(3)5-2;6-4-2-1-3-5-4/h5-7H,2-4H2,1H3,(H,12,13);9H,4-8H2,1-3H3;1-3H2,(H,5,6). The molecule has 3 rings (SSSR count). The van der Waals surface area contributed by atoms with E-state index in [0.29, 0.717) is 12.2 Å². The number of carbonyl (C=O) groups excluding carboxylic acids is 1. The Morgan fingerprint density at radius 1 is 1.16 bits per heavy atom. The van der Waals surface area contributed by atoms with Crippen LogP contribution in [0.5, 0.6) is 5.75 Å². The van der Waals surface area contributed by atoms with Crippen LogP contribution in [0.3, 0.4) is 0 Å². The summed E-state index contributed by atoms with van der Waals surface area (Å²) < 4.78 is 31.7. The number of hydrogen-bond donors (Lipinski definition) is 2. The van der Waals surface area contributed by atoms with Gasteiger partial charge in [-0.15, -0.1) is 0 Å². The summed E-state index contributed by atoms with van der Waals surface area (Å²) in [6, 6.07) is 3.15. The number of aromatic nitrogens is 1. The van der Waals surface area contributed by atoms with Gasteiger partial charge in [0.2, 0.25) is 17.4 Å². The molecule has 2 fully saturated rings. The van der Waals surface area contributed by atoms with Crippen molar-refractivity contribution < 1.29 is 18.3 Å². The van der Waals surface area contributed by atoms with Gasteiger partial charge in [0.05, 0.1) is 0 Å². The summed E-state index contributed by atoms with van der Waals surface area (Å²) in [5.74, 6) is -0.400. The Bertz CT molecular complexity index is 740. The van der Waals surface area contributed by atoms with Crippen LogP contribution in [-0.2, 0) is 4.79 Å². The molecule has 32 heavy (non-hydrogen) atoms. The van der Waals surface area contributed by atoms with Crippen LogP contribution in [0, 0.1) is 5.92 Å². The highest BCUT2D eigenvalue weighted by Gasteiger charge is 2.29. The molecule has 1 aliphatic heterocycles. The van der Waals surface area contributed by atoms with Gasteiger partial charge in [-0.3, -0.25) is 9.59 Å². The van der Waals surface area contributed by atoms with E-state index in [1.807, 2.05) is 27.7 Å². The number of pyridine rings is 1. The molecule has 0 spiro atoms. The van der Waals surface area contributed by atoms with E-state index in [0.717, 1.165) is 50.8 Å². The zero-order valence-electron chi connectivity index (χ0n) is 20.1. The third-order valence-corrected chi connectivity index (χ3v) is 5.62. The number of H-pyrrole nitrogens is 1. The molecule has 2 N–H and O–H groups in total. The van der Waals surface area contributed by atoms with Crippen molar-refractivity contribution >= 4 is 5.91 Å². The summed E-state index contributed by atoms with van der Waals surface area (Å²) in [5.41, 5.74) is 1.28. The van der Waals surface area contributed by atoms with Crippen LogP contribution in [0.1, 0.15) is 91.9 Å². The summed E-state index contributed by atoms with van der Waals surface area (Å²) >= 11 is 0. The van der Waals surface area contributed by atoms with E-state index in [9.17, 15) is 18.4 Å². The van der Waals surface area contributed by atoms with E-state index in [2.05, 4.69) is 10.3 Å². The molecular formula is C25H40F2N2O3. The Hall–Kier alpha value is -2.18. The molecule has 5 nitrogen and oxygen atoms in total. The topological polar surface area (TPSA) is 71.2 Å². The Morgan fingerprint density at radius 3 is 2.28 bits per heavy atom. The molecule has 1 amide bonds. The van der Waals surface area contributed by atoms with Crippen LogP contribution in [-0.4, -0.2) is 23.4 Å². The van der Waals surface area contributed by atoms with Gasteiger partial charge < -0.3 is 15.0 Å². The van der Waals surface area contributed by atoms with Gasteiger partial charge in [-0.2, -0.15) is 0 Å². The van der Waals surface area contributed by atoms with Crippen LogP contribution in [0.15, 0.2) is 34.5 Å². The molecule has 7 heteroatoms. The smallest absolute Gasteiger partial charge is 0.248 e. The normalized spacial score (nSPS) is 15.9. The minimum absolute atomic E-state index is 0.0590. The van der Waals surface area contributed by atoms with Crippen molar-refractivity contribution in [1.29, 1.82) is 0 Å². The molecule has 0 bridgehead atoms. The van der Waals surface area contributed by atoms with Crippen LogP contribution < -0.4 is 15.6 Å². The third-order valence-electron chi connectivity index (χ3n) is 5.62. The number of carbonyl (C=O) groups is 1. The third kappa shape index (κ3) is 12.0. The molecule has 0 radical (unpaired) electrons. The first-order valence-corrected chi connectivity index (χ1v) is 11.9. The van der Waals surface area contributed by atoms with E-state index in [1.54, 1.807) is 12.3 Å². The monoisotopic (exact) mass is 454 g/mol. The van der Waals surface area contributed by atoms with Gasteiger partial charge >= 0.3 is 0 Å². The highest BCUT2D eigenvalue weighted by Crippen LogP contribution is 2.30. The summed E-state index contributed by atoms with van der Waals surface area (Å²) in [6.45, 7) is 8.65. The molecule has 0 aromatic carbocycles. The molecule has 1 saturated carbocycles. The predicted molar refractivity (Wildman–Crippen MR) is 125 cm³/mol. The van der Waals surface area contributed by atoms with Gasteiger partial charge in [0, 0.05) is 38.1 Å². The second-order valence-corrected chi connectivity index (χ2v) is 8.63. The first-order chi connectivity index (χ1) is 15.2. The van der Waals surface area contributed by atoms with Crippen LogP contribution in [0.4, 0.5) is 8.78 Å². The van der Waals surface area contributed by atoms with Crippen molar-refractivity contribution in [2.75, 3.05) is 6.54 Å². The lowest BCUT2D eigenvalue weighted by molar-refractivity contribution is -0.119. The van der Waals surface area contributed by atoms with Crippen molar-refractivity contribution in [1.82, 2.24) is 10.3 Å². The number of unbranched alkanes of at least 4 members (excludes halogenated alkanes) is 1. The summed E-state index contributed by atoms with van der Waals surface area (Å²) in [4.78, 5) is 23.5. The summed E-state index contributed by atoms with van der Waals surface area (Å²) in [5, 5.41) is 2.68. The van der Waals surface area contributed by atoms with E-state index in [-0.39, 0.29) is 30.2 Å². The van der Waals surface area contributed by atoms with E-state index < -0.39 is 5.92 Å². The number of halogens is 2. The second kappa shape index (κ2) is 14.8. The highest BCUT2D eigenvalue weighted by atomic mass is 19.3. The van der Waals surface area contributed by atoms with Crippen LogP contribution in [0.2, 0.25) is 0 Å². The fourth-order valence-corrected chi connectivity index (χ4v) is 3.17. The van der Waals surface area contributed by atoms with E-state index in [1.165, 1.54) is 18.1 Å². The zero-order chi connectivity index (χ0) is 24.0. The molecule has 2 aliphatic rings. The molecule has 1 saturated heterocycles. The SMILES string of the molecule is CC(Oc1ccc(=O)[nH]c1)=C1CCC1.CCCCC(F)(F)CC(C)CC.O=C1CCCN1. The number of nitrogens with one attached hydrogen (secondary N) is 2. The van der Waals surface area contributed by atoms with Gasteiger partial charge in [0.15, 0.2) is 0 Å². The molecule has 1 aromatic heterocycles. The minimum Gasteiger partial charge on any atom is -0.461 e. The number of alkyl halides is 2. The summed E-state index contributed by atoms with van der Waals surface area (Å²) in [7, 11) is 0. The lowest BCUT2D eigenvalue weighted by Crippen LogP contribution is -2.19. The zero-order valence-corrected chi connectivity index (χ0v) is 20.1. The first-order valence-electron chi connectivity index (χ1n) is 11.9. The number of hydrogen-bond acceptors (Lipinski definition) is 3. The molecule has 1 unspecified atom stereocenters. The largest absolute Gasteiger partial charge is 0.461 e. The number of ether oxygens (including phenoxy) is 1. The number of amides is 1. The molecule has 182 valence electrons. The van der Waals surface area contributed by atoms with Crippen molar-refractivity contribution in [3.05, 3.63) is 40.0 Å². The Morgan fingerprint density at radius 2 is 1.88 bits per heavy atom. The molecule has 1 atom stereocenters. The second-order valence-electron chi connectivity index (χ2n) is 8.63. The molecule has 1 aliphatic carbocycles. The fraction of sp³-hybridized carbons (Fsp3) is 0.680. The number of aromatic amines is 1. The van der Waals surface area contributed by atoms with Crippen molar-refractivity contribution in [2.45, 2.75) is 97.8 Å². The average Bonchev–Trinajstić information content (AvgIpc) is 3.18. The van der Waals surface area contributed by atoms with Gasteiger partial charge in [0.1, 0.15) is 11.5 Å². The van der Waals surface area contributed by atoms with Crippen molar-refractivity contribution in [2.24, 2.45) is 5.92 Å². The Labute approximate surface area is 191 Å². The van der Waals surface area contributed by atoms with Crippen molar-refractivity contribution in [3.63, 3.8) is 0 Å². The maximum absolute atomic E-state index is 13.0. The predicted octanol–water partition coefficient (Wildman–Crippen LogP) is 6.36. The lowest BCUT2D eigenvalue weighted by atomic mass is 9.91. The maximum Gasteiger partial charge on any atom is 0.248 e. The van der Waals surface area contributed by atoms with Gasteiger partial charge in [0.25, 0.3) is 0 Å². The van der Waals surface area contributed by atoms with Gasteiger partial charge in [-0.1, -0.05) is 33.6 Å². The highest BCUT2D eigenvalue weighted by molar-refractivity contribution is 5.77. The van der Waals surface area contributed by atoms with Gasteiger partial charge in [-0.05, 0) is 56.6 Å². The Kier molecular flexibility index (Phi) is 12.9. The van der Waals surface area contributed by atoms with E-state index >= 15 is 0 Å². The van der Waals surface area contributed by atoms with Crippen LogP contribution >= 0.6 is 0 Å². The quantitative estimate of drug-likeness (QED) is 0.449. The lowest BCUT2D eigenvalue weighted by Gasteiger charge is -2.19. The number of allylic oxidation sites excluding steroid dienone is 2. The molecule has 1 aromatic rings. The molecular weight excluding hydrogens is 414 g/mol. The van der Waals surface area contributed by atoms with Crippen molar-refractivity contribution in [3.8, 4) is 5.75 Å². The van der Waals surface area contributed by atoms with Gasteiger partial charge in [-0.25, -0.2) is 8.78 Å². The molecule has 2 heterocycles. The van der Waals surface area contributed by atoms with E-state index in [4.69, 9.17) is 4.74 Å². The number of rotatable bonds is 8. The fourth-order valence-electron chi connectivity index (χ4n) is 3.17. The minimum atomic E-state index is -2.43. The average molecular weight is 455 g/mol. The first kappa shape index (κ1) is 27.9.